The maximum absolute atomic E-state index is 3.54. The third kappa shape index (κ3) is 5.71. The van der Waals surface area contributed by atoms with Crippen LogP contribution in [-0.4, -0.2) is 61.7 Å². The van der Waals surface area contributed by atoms with Crippen molar-refractivity contribution in [2.75, 3.05) is 45.8 Å². The highest BCUT2D eigenvalue weighted by molar-refractivity contribution is 4.84. The third-order valence-corrected chi connectivity index (χ3v) is 4.77. The van der Waals surface area contributed by atoms with Gasteiger partial charge in [-0.25, -0.2) is 0 Å². The van der Waals surface area contributed by atoms with Crippen molar-refractivity contribution in [3.8, 4) is 0 Å². The smallest absolute Gasteiger partial charge is 0.0223 e. The highest BCUT2D eigenvalue weighted by Crippen LogP contribution is 2.21. The molecule has 1 N–H and O–H groups in total. The number of hydrogen-bond donors (Lipinski definition) is 1. The van der Waals surface area contributed by atoms with Crippen molar-refractivity contribution >= 4 is 0 Å². The minimum absolute atomic E-state index is 0.779. The molecule has 2 rings (SSSR count). The Morgan fingerprint density at radius 1 is 1.05 bits per heavy atom. The number of nitrogens with one attached hydrogen (secondary N) is 1. The Morgan fingerprint density at radius 3 is 2.75 bits per heavy atom. The van der Waals surface area contributed by atoms with Gasteiger partial charge in [0.05, 0.1) is 0 Å². The molecule has 1 atom stereocenters. The molecule has 0 spiro atoms. The largest absolute Gasteiger partial charge is 0.316 e. The van der Waals surface area contributed by atoms with Gasteiger partial charge in [0.15, 0.2) is 0 Å². The lowest BCUT2D eigenvalue weighted by molar-refractivity contribution is 0.217. The predicted molar refractivity (Wildman–Crippen MR) is 87.2 cm³/mol. The summed E-state index contributed by atoms with van der Waals surface area (Å²) in [5.41, 5.74) is 0. The van der Waals surface area contributed by atoms with E-state index in [0.29, 0.717) is 0 Å². The van der Waals surface area contributed by atoms with Crippen LogP contribution in [-0.2, 0) is 0 Å². The average molecular weight is 281 g/mol. The van der Waals surface area contributed by atoms with Gasteiger partial charge in [-0.05, 0) is 77.3 Å². The SMILES string of the molecule is CC(C)CNCCCCCN1CCCN2CCCC2C1. The summed E-state index contributed by atoms with van der Waals surface area (Å²) in [6.07, 6.45) is 8.37. The van der Waals surface area contributed by atoms with Crippen molar-refractivity contribution in [1.29, 1.82) is 0 Å². The molecule has 3 heteroatoms. The lowest BCUT2D eigenvalue weighted by Crippen LogP contribution is -2.37. The Hall–Kier alpha value is -0.120. The van der Waals surface area contributed by atoms with Gasteiger partial charge in [0, 0.05) is 12.6 Å². The van der Waals surface area contributed by atoms with Crippen LogP contribution in [0, 0.1) is 5.92 Å². The molecule has 0 saturated carbocycles. The molecule has 0 aromatic rings. The van der Waals surface area contributed by atoms with Crippen molar-refractivity contribution in [2.45, 2.75) is 58.4 Å². The fourth-order valence-corrected chi connectivity index (χ4v) is 3.64. The molecule has 2 fully saturated rings. The summed E-state index contributed by atoms with van der Waals surface area (Å²) in [6, 6.07) is 0.880. The van der Waals surface area contributed by atoms with Crippen LogP contribution in [0.15, 0.2) is 0 Å². The van der Waals surface area contributed by atoms with Crippen LogP contribution in [0.3, 0.4) is 0 Å². The van der Waals surface area contributed by atoms with Crippen LogP contribution < -0.4 is 5.32 Å². The Morgan fingerprint density at radius 2 is 1.90 bits per heavy atom. The highest BCUT2D eigenvalue weighted by Gasteiger charge is 2.28. The lowest BCUT2D eigenvalue weighted by atomic mass is 10.2. The van der Waals surface area contributed by atoms with Gasteiger partial charge < -0.3 is 10.2 Å². The average Bonchev–Trinajstić information content (AvgIpc) is 2.76. The normalized spacial score (nSPS) is 25.1. The van der Waals surface area contributed by atoms with Gasteiger partial charge in [-0.15, -0.1) is 0 Å². The van der Waals surface area contributed by atoms with E-state index in [9.17, 15) is 0 Å². The second-order valence-corrected chi connectivity index (χ2v) is 7.14. The van der Waals surface area contributed by atoms with Crippen molar-refractivity contribution < 1.29 is 0 Å². The minimum Gasteiger partial charge on any atom is -0.316 e. The molecule has 0 aromatic carbocycles. The molecular weight excluding hydrogens is 246 g/mol. The molecule has 0 radical (unpaired) electrons. The van der Waals surface area contributed by atoms with Gasteiger partial charge in [0.25, 0.3) is 0 Å². The molecular formula is C17H35N3. The van der Waals surface area contributed by atoms with Crippen LogP contribution in [0.4, 0.5) is 0 Å². The highest BCUT2D eigenvalue weighted by atomic mass is 15.3. The molecule has 2 saturated heterocycles. The van der Waals surface area contributed by atoms with Crippen molar-refractivity contribution in [3.63, 3.8) is 0 Å². The summed E-state index contributed by atoms with van der Waals surface area (Å²) in [7, 11) is 0. The van der Waals surface area contributed by atoms with Crippen LogP contribution in [0.25, 0.3) is 0 Å². The number of hydrogen-bond acceptors (Lipinski definition) is 3. The fourth-order valence-electron chi connectivity index (χ4n) is 3.64. The topological polar surface area (TPSA) is 18.5 Å². The molecule has 0 amide bonds. The number of nitrogens with zero attached hydrogens (tertiary/aromatic N) is 2. The lowest BCUT2D eigenvalue weighted by Gasteiger charge is -2.25. The van der Waals surface area contributed by atoms with Gasteiger partial charge in [-0.2, -0.15) is 0 Å². The summed E-state index contributed by atoms with van der Waals surface area (Å²) in [5, 5.41) is 3.54. The van der Waals surface area contributed by atoms with Crippen LogP contribution >= 0.6 is 0 Å². The van der Waals surface area contributed by atoms with Gasteiger partial charge in [0.2, 0.25) is 0 Å². The zero-order valence-corrected chi connectivity index (χ0v) is 13.7. The maximum atomic E-state index is 3.54. The Bertz CT molecular complexity index is 255. The molecule has 2 aliphatic rings. The zero-order chi connectivity index (χ0) is 14.2. The van der Waals surface area contributed by atoms with Crippen LogP contribution in [0.1, 0.15) is 52.4 Å². The van der Waals surface area contributed by atoms with E-state index in [2.05, 4.69) is 29.0 Å². The monoisotopic (exact) mass is 281 g/mol. The minimum atomic E-state index is 0.779. The third-order valence-electron chi connectivity index (χ3n) is 4.77. The van der Waals surface area contributed by atoms with E-state index in [1.54, 1.807) is 0 Å². The van der Waals surface area contributed by atoms with E-state index < -0.39 is 0 Å². The van der Waals surface area contributed by atoms with E-state index in [-0.39, 0.29) is 0 Å². The van der Waals surface area contributed by atoms with E-state index >= 15 is 0 Å². The molecule has 0 aliphatic carbocycles. The summed E-state index contributed by atoms with van der Waals surface area (Å²) < 4.78 is 0. The summed E-state index contributed by atoms with van der Waals surface area (Å²) in [6.45, 7) is 13.6. The Kier molecular flexibility index (Phi) is 7.32. The van der Waals surface area contributed by atoms with Gasteiger partial charge in [0.1, 0.15) is 0 Å². The molecule has 1 unspecified atom stereocenters. The van der Waals surface area contributed by atoms with Gasteiger partial charge in [-0.1, -0.05) is 20.3 Å². The van der Waals surface area contributed by atoms with Gasteiger partial charge >= 0.3 is 0 Å². The molecule has 0 bridgehead atoms. The van der Waals surface area contributed by atoms with E-state index in [0.717, 1.165) is 12.0 Å². The van der Waals surface area contributed by atoms with Crippen molar-refractivity contribution in [1.82, 2.24) is 15.1 Å². The number of rotatable bonds is 8. The van der Waals surface area contributed by atoms with E-state index in [1.807, 2.05) is 0 Å². The Balaban J connectivity index is 1.50. The van der Waals surface area contributed by atoms with Crippen LogP contribution in [0.2, 0.25) is 0 Å². The molecule has 2 aliphatic heterocycles. The Labute approximate surface area is 126 Å². The molecule has 20 heavy (non-hydrogen) atoms. The summed E-state index contributed by atoms with van der Waals surface area (Å²) >= 11 is 0. The first-order valence-electron chi connectivity index (χ1n) is 8.93. The quantitative estimate of drug-likeness (QED) is 0.690. The molecule has 3 nitrogen and oxygen atoms in total. The van der Waals surface area contributed by atoms with Crippen LogP contribution in [0.5, 0.6) is 0 Å². The fraction of sp³-hybridized carbons (Fsp3) is 1.00. The van der Waals surface area contributed by atoms with Crippen molar-refractivity contribution in [3.05, 3.63) is 0 Å². The number of fused-ring (bicyclic) bond motifs is 1. The molecule has 2 heterocycles. The first kappa shape index (κ1) is 16.3. The summed E-state index contributed by atoms with van der Waals surface area (Å²) in [5.74, 6) is 0.779. The predicted octanol–water partition coefficient (Wildman–Crippen LogP) is 2.57. The number of unbranched alkanes of at least 4 members (excludes halogenated alkanes) is 2. The first-order valence-corrected chi connectivity index (χ1v) is 8.93. The van der Waals surface area contributed by atoms with E-state index in [4.69, 9.17) is 0 Å². The second kappa shape index (κ2) is 9.01. The van der Waals surface area contributed by atoms with E-state index in [1.165, 1.54) is 84.3 Å². The first-order chi connectivity index (χ1) is 9.75. The zero-order valence-electron chi connectivity index (χ0n) is 13.7. The maximum Gasteiger partial charge on any atom is 0.0223 e. The second-order valence-electron chi connectivity index (χ2n) is 7.14. The standard InChI is InChI=1S/C17H35N3/c1-16(2)14-18-9-4-3-5-10-19-11-7-13-20-12-6-8-17(20)15-19/h16-18H,3-15H2,1-2H3. The molecule has 0 aromatic heterocycles. The van der Waals surface area contributed by atoms with Crippen molar-refractivity contribution in [2.24, 2.45) is 5.92 Å². The summed E-state index contributed by atoms with van der Waals surface area (Å²) in [4.78, 5) is 5.47. The van der Waals surface area contributed by atoms with Gasteiger partial charge in [-0.3, -0.25) is 4.90 Å². The molecule has 118 valence electrons.